The molecule has 1 fully saturated rings. The number of nitrogens with one attached hydrogen (secondary N) is 3. The summed E-state index contributed by atoms with van der Waals surface area (Å²) in [4.78, 5) is 37.5. The summed E-state index contributed by atoms with van der Waals surface area (Å²) in [7, 11) is 0. The Balaban J connectivity index is 1.50. The predicted molar refractivity (Wildman–Crippen MR) is 151 cm³/mol. The van der Waals surface area contributed by atoms with Crippen LogP contribution in [0, 0.1) is 17.6 Å². The molecule has 0 aromatic heterocycles. The molecule has 0 radical (unpaired) electrons. The van der Waals surface area contributed by atoms with Crippen molar-refractivity contribution in [3.05, 3.63) is 86.4 Å². The molecule has 2 atom stereocenters. The number of hydrogen-bond donors (Lipinski definition) is 3. The maximum absolute atomic E-state index is 14.9. The van der Waals surface area contributed by atoms with E-state index in [4.69, 9.17) is 58.0 Å². The van der Waals surface area contributed by atoms with Crippen molar-refractivity contribution in [2.75, 3.05) is 16.0 Å². The molecule has 1 unspecified atom stereocenters. The zero-order valence-electron chi connectivity index (χ0n) is 20.5. The summed E-state index contributed by atoms with van der Waals surface area (Å²) in [5.74, 6) is -7.81. The molecule has 0 spiro atoms. The number of amides is 3. The van der Waals surface area contributed by atoms with Crippen molar-refractivity contribution < 1.29 is 36.3 Å². The van der Waals surface area contributed by atoms with Crippen LogP contribution in [0.5, 0.6) is 0 Å². The van der Waals surface area contributed by atoms with E-state index in [1.165, 1.54) is 29.6 Å². The Morgan fingerprint density at radius 2 is 1.50 bits per heavy atom. The highest BCUT2D eigenvalue weighted by Gasteiger charge is 2.67. The third-order valence-electron chi connectivity index (χ3n) is 6.08. The molecule has 42 heavy (non-hydrogen) atoms. The van der Waals surface area contributed by atoms with E-state index in [1.54, 1.807) is 6.07 Å². The van der Waals surface area contributed by atoms with Crippen molar-refractivity contribution in [3.63, 3.8) is 0 Å². The van der Waals surface area contributed by atoms with Gasteiger partial charge in [-0.05, 0) is 48.0 Å². The minimum absolute atomic E-state index is 0.0816. The highest BCUT2D eigenvalue weighted by Crippen LogP contribution is 2.65. The second kappa shape index (κ2) is 12.0. The summed E-state index contributed by atoms with van der Waals surface area (Å²) in [6.07, 6.45) is -6.90. The van der Waals surface area contributed by atoms with Crippen molar-refractivity contribution >= 4 is 92.8 Å². The first-order valence-corrected chi connectivity index (χ1v) is 13.5. The number of carbonyl (C=O) groups is 3. The number of alkyl halides is 5. The topological polar surface area (TPSA) is 87.3 Å². The Morgan fingerprint density at radius 1 is 0.833 bits per heavy atom. The van der Waals surface area contributed by atoms with Gasteiger partial charge in [0.25, 0.3) is 5.91 Å². The first-order chi connectivity index (χ1) is 19.5. The molecule has 0 aliphatic heterocycles. The molecule has 16 heteroatoms. The molecular formula is C26H15Cl5F5N3O3. The standard InChI is InChI=1S/C26H15Cl5F5N3O3/c27-13-4-2-11(37-24(42)20-19(26(20,30)31)10-1-3-14(28)15(29)7-10)8-12(13)23(41)38-17-6-5-16(32)22(21(17)33)39-18(40)9-25(34,35)36/h1-8,19-20H,9H2,(H,37,42)(H,38,41)(H,39,40)/t19-,20?/m0/s1. The quantitative estimate of drug-likeness (QED) is 0.172. The van der Waals surface area contributed by atoms with Gasteiger partial charge in [0.2, 0.25) is 11.8 Å². The molecule has 3 amide bonds. The molecule has 0 bridgehead atoms. The monoisotopic (exact) mass is 687 g/mol. The first kappa shape index (κ1) is 32.1. The van der Waals surface area contributed by atoms with Crippen LogP contribution in [0.3, 0.4) is 0 Å². The summed E-state index contributed by atoms with van der Waals surface area (Å²) < 4.78 is 64.8. The maximum Gasteiger partial charge on any atom is 0.397 e. The molecule has 1 aliphatic carbocycles. The summed E-state index contributed by atoms with van der Waals surface area (Å²) >= 11 is 30.8. The molecule has 3 aromatic rings. The second-order valence-corrected chi connectivity index (χ2v) is 11.7. The van der Waals surface area contributed by atoms with Crippen LogP contribution in [0.4, 0.5) is 39.0 Å². The average molecular weight is 690 g/mol. The van der Waals surface area contributed by atoms with E-state index in [0.717, 1.165) is 12.1 Å². The van der Waals surface area contributed by atoms with Gasteiger partial charge in [0.15, 0.2) is 5.82 Å². The van der Waals surface area contributed by atoms with Crippen LogP contribution in [-0.2, 0) is 9.59 Å². The number of carbonyl (C=O) groups excluding carboxylic acids is 3. The zero-order valence-corrected chi connectivity index (χ0v) is 24.3. The van der Waals surface area contributed by atoms with E-state index in [1.807, 2.05) is 0 Å². The van der Waals surface area contributed by atoms with Gasteiger partial charge in [0, 0.05) is 11.6 Å². The van der Waals surface area contributed by atoms with E-state index in [9.17, 15) is 36.3 Å². The summed E-state index contributed by atoms with van der Waals surface area (Å²) in [5.41, 5.74) is -1.48. The van der Waals surface area contributed by atoms with Gasteiger partial charge in [0.1, 0.15) is 22.3 Å². The number of benzene rings is 3. The summed E-state index contributed by atoms with van der Waals surface area (Å²) in [6.45, 7) is 0. The van der Waals surface area contributed by atoms with Crippen molar-refractivity contribution in [3.8, 4) is 0 Å². The SMILES string of the molecule is O=C(CC(F)(F)F)Nc1c(F)ccc(NC(=O)c2cc(NC(=O)C3[C@H](c4ccc(Cl)c(Cl)c4)C3(Cl)Cl)ccc2Cl)c1F. The lowest BCUT2D eigenvalue weighted by Gasteiger charge is -2.14. The van der Waals surface area contributed by atoms with Crippen LogP contribution in [0.1, 0.15) is 28.3 Å². The Bertz CT molecular complexity index is 1600. The van der Waals surface area contributed by atoms with Crippen molar-refractivity contribution in [1.82, 2.24) is 0 Å². The third-order valence-corrected chi connectivity index (χ3v) is 8.09. The molecular weight excluding hydrogens is 675 g/mol. The lowest BCUT2D eigenvalue weighted by Crippen LogP contribution is -2.23. The third kappa shape index (κ3) is 7.03. The van der Waals surface area contributed by atoms with Crippen LogP contribution in [0.2, 0.25) is 15.1 Å². The predicted octanol–water partition coefficient (Wildman–Crippen LogP) is 8.59. The zero-order chi connectivity index (χ0) is 31.1. The Labute approximate surface area is 259 Å². The molecule has 1 saturated carbocycles. The first-order valence-electron chi connectivity index (χ1n) is 11.6. The highest BCUT2D eigenvalue weighted by molar-refractivity contribution is 6.53. The lowest BCUT2D eigenvalue weighted by atomic mass is 10.1. The summed E-state index contributed by atoms with van der Waals surface area (Å²) in [6, 6.07) is 9.89. The van der Waals surface area contributed by atoms with Crippen LogP contribution in [0.15, 0.2) is 48.5 Å². The molecule has 0 saturated heterocycles. The molecule has 0 heterocycles. The van der Waals surface area contributed by atoms with Crippen LogP contribution in [0.25, 0.3) is 0 Å². The van der Waals surface area contributed by atoms with Crippen LogP contribution in [-0.4, -0.2) is 28.2 Å². The van der Waals surface area contributed by atoms with Crippen molar-refractivity contribution in [2.24, 2.45) is 5.92 Å². The maximum atomic E-state index is 14.9. The molecule has 4 rings (SSSR count). The fourth-order valence-corrected chi connectivity index (χ4v) is 5.43. The van der Waals surface area contributed by atoms with Gasteiger partial charge in [-0.2, -0.15) is 13.2 Å². The van der Waals surface area contributed by atoms with Gasteiger partial charge in [-0.15, -0.1) is 23.2 Å². The van der Waals surface area contributed by atoms with E-state index in [0.29, 0.717) is 16.7 Å². The Hall–Kier alpha value is -2.83. The van der Waals surface area contributed by atoms with Gasteiger partial charge in [-0.25, -0.2) is 8.78 Å². The van der Waals surface area contributed by atoms with Crippen molar-refractivity contribution in [1.29, 1.82) is 0 Å². The average Bonchev–Trinajstić information content (AvgIpc) is 3.47. The number of hydrogen-bond acceptors (Lipinski definition) is 3. The summed E-state index contributed by atoms with van der Waals surface area (Å²) in [5, 5.41) is 6.59. The molecule has 3 N–H and O–H groups in total. The van der Waals surface area contributed by atoms with Crippen LogP contribution < -0.4 is 16.0 Å². The lowest BCUT2D eigenvalue weighted by molar-refractivity contribution is -0.150. The minimum Gasteiger partial charge on any atom is -0.326 e. The van der Waals surface area contributed by atoms with Crippen molar-refractivity contribution in [2.45, 2.75) is 22.8 Å². The number of halogens is 10. The van der Waals surface area contributed by atoms with E-state index < -0.39 is 69.5 Å². The molecule has 3 aromatic carbocycles. The van der Waals surface area contributed by atoms with Gasteiger partial charge in [0.05, 0.1) is 32.2 Å². The fraction of sp³-hybridized carbons (Fsp3) is 0.192. The normalized spacial score (nSPS) is 17.4. The van der Waals surface area contributed by atoms with Gasteiger partial charge >= 0.3 is 6.18 Å². The van der Waals surface area contributed by atoms with E-state index >= 15 is 0 Å². The highest BCUT2D eigenvalue weighted by atomic mass is 35.5. The molecule has 6 nitrogen and oxygen atoms in total. The van der Waals surface area contributed by atoms with Gasteiger partial charge in [-0.1, -0.05) is 40.9 Å². The second-order valence-electron chi connectivity index (χ2n) is 9.07. The van der Waals surface area contributed by atoms with E-state index in [-0.39, 0.29) is 21.3 Å². The van der Waals surface area contributed by atoms with E-state index in [2.05, 4.69) is 10.6 Å². The number of rotatable bonds is 7. The minimum atomic E-state index is -4.92. The Morgan fingerprint density at radius 3 is 2.14 bits per heavy atom. The largest absolute Gasteiger partial charge is 0.397 e. The molecule has 1 aliphatic rings. The smallest absolute Gasteiger partial charge is 0.326 e. The number of anilines is 3. The molecule has 222 valence electrons. The fourth-order valence-electron chi connectivity index (χ4n) is 4.09. The van der Waals surface area contributed by atoms with Gasteiger partial charge in [-0.3, -0.25) is 14.4 Å². The van der Waals surface area contributed by atoms with Crippen LogP contribution >= 0.6 is 58.0 Å². The van der Waals surface area contributed by atoms with Gasteiger partial charge < -0.3 is 16.0 Å². The Kier molecular flexibility index (Phi) is 9.20.